The van der Waals surface area contributed by atoms with Gasteiger partial charge in [0.2, 0.25) is 0 Å². The van der Waals surface area contributed by atoms with Gasteiger partial charge in [-0.05, 0) is 0 Å². The summed E-state index contributed by atoms with van der Waals surface area (Å²) in [4.78, 5) is 0. The summed E-state index contributed by atoms with van der Waals surface area (Å²) in [6.07, 6.45) is 5.15. The first-order valence-electron chi connectivity index (χ1n) is 3.02. The molecule has 0 bridgehead atoms. The molecule has 0 amide bonds. The summed E-state index contributed by atoms with van der Waals surface area (Å²) in [5.41, 5.74) is 0. The Labute approximate surface area is 70.5 Å². The molecular formula is C8H16Cr. The third-order valence-electron chi connectivity index (χ3n) is 0.604. The second-order valence-corrected chi connectivity index (χ2v) is 1.50. The van der Waals surface area contributed by atoms with Crippen molar-refractivity contribution in [1.29, 1.82) is 0 Å². The monoisotopic (exact) mass is 164 g/mol. The minimum atomic E-state index is 0. The Morgan fingerprint density at radius 3 is 1.89 bits per heavy atom. The number of hydrogen-bond donors (Lipinski definition) is 0. The molecule has 1 heteroatoms. The average Bonchev–Trinajstić information content (AvgIpc) is 1.71. The van der Waals surface area contributed by atoms with Crippen LogP contribution in [0.2, 0.25) is 0 Å². The van der Waals surface area contributed by atoms with E-state index in [1.807, 2.05) is 0 Å². The van der Waals surface area contributed by atoms with Gasteiger partial charge in [0.1, 0.15) is 0 Å². The summed E-state index contributed by atoms with van der Waals surface area (Å²) >= 11 is 0. The van der Waals surface area contributed by atoms with Crippen molar-refractivity contribution in [2.24, 2.45) is 0 Å². The van der Waals surface area contributed by atoms with E-state index in [1.54, 1.807) is 0 Å². The van der Waals surface area contributed by atoms with E-state index in [2.05, 4.69) is 27.4 Å². The standard InChI is InChI=1S/C5H11.C3H5.Cr/c1-3-5-4-2;1-3-2;/h1,3-5H2,2H3;3H,1-2H2;/q2*-1;+2. The smallest absolute Gasteiger partial charge is 0.343 e. The van der Waals surface area contributed by atoms with Crippen LogP contribution >= 0.6 is 0 Å². The SMILES string of the molecule is C=C[CH2-].[CH2-]CCCC.[Cr+2]. The first kappa shape index (κ1) is 16.1. The Morgan fingerprint density at radius 2 is 1.89 bits per heavy atom. The van der Waals surface area contributed by atoms with Crippen molar-refractivity contribution in [3.8, 4) is 0 Å². The molecule has 0 aromatic heterocycles. The maximum atomic E-state index is 3.68. The quantitative estimate of drug-likeness (QED) is 0.550. The van der Waals surface area contributed by atoms with E-state index in [0.717, 1.165) is 6.42 Å². The molecule has 0 aliphatic carbocycles. The van der Waals surface area contributed by atoms with Crippen molar-refractivity contribution in [3.05, 3.63) is 26.5 Å². The van der Waals surface area contributed by atoms with Gasteiger partial charge < -0.3 is 6.92 Å². The zero-order chi connectivity index (χ0) is 6.83. The normalized spacial score (nSPS) is 6.00. The van der Waals surface area contributed by atoms with E-state index in [-0.39, 0.29) is 17.4 Å². The van der Waals surface area contributed by atoms with Crippen LogP contribution in [0.4, 0.5) is 0 Å². The van der Waals surface area contributed by atoms with Crippen LogP contribution in [-0.4, -0.2) is 0 Å². The number of allylic oxidation sites excluding steroid dienone is 1. The van der Waals surface area contributed by atoms with Crippen LogP contribution in [0, 0.1) is 13.8 Å². The average molecular weight is 164 g/mol. The van der Waals surface area contributed by atoms with Crippen LogP contribution < -0.4 is 0 Å². The summed E-state index contributed by atoms with van der Waals surface area (Å²) in [6.45, 7) is 12.3. The molecular weight excluding hydrogens is 148 g/mol. The number of hydrogen-bond acceptors (Lipinski definition) is 0. The van der Waals surface area contributed by atoms with E-state index in [1.165, 1.54) is 18.9 Å². The van der Waals surface area contributed by atoms with E-state index in [4.69, 9.17) is 0 Å². The first-order chi connectivity index (χ1) is 3.83. The van der Waals surface area contributed by atoms with Crippen LogP contribution in [0.25, 0.3) is 0 Å². The predicted octanol–water partition coefficient (Wildman–Crippen LogP) is 3.01. The molecule has 0 aliphatic rings. The molecule has 0 aromatic rings. The number of unbranched alkanes of at least 4 members (excludes halogenated alkanes) is 2. The Balaban J connectivity index is -0.0000000800. The molecule has 0 saturated carbocycles. The van der Waals surface area contributed by atoms with Crippen molar-refractivity contribution in [2.45, 2.75) is 26.2 Å². The van der Waals surface area contributed by atoms with E-state index in [0.29, 0.717) is 0 Å². The summed E-state index contributed by atoms with van der Waals surface area (Å²) in [5, 5.41) is 0. The summed E-state index contributed by atoms with van der Waals surface area (Å²) < 4.78 is 0. The molecule has 0 aliphatic heterocycles. The maximum absolute atomic E-state index is 3.68. The Morgan fingerprint density at radius 1 is 1.56 bits per heavy atom. The van der Waals surface area contributed by atoms with E-state index >= 15 is 0 Å². The first-order valence-corrected chi connectivity index (χ1v) is 3.02. The van der Waals surface area contributed by atoms with E-state index < -0.39 is 0 Å². The van der Waals surface area contributed by atoms with Gasteiger partial charge in [0, 0.05) is 0 Å². The molecule has 0 unspecified atom stereocenters. The van der Waals surface area contributed by atoms with Gasteiger partial charge in [-0.1, -0.05) is 19.8 Å². The molecule has 0 rings (SSSR count). The fourth-order valence-electron chi connectivity index (χ4n) is 0.250. The molecule has 0 saturated heterocycles. The van der Waals surface area contributed by atoms with Gasteiger partial charge in [0.05, 0.1) is 0 Å². The molecule has 0 N–H and O–H groups in total. The van der Waals surface area contributed by atoms with Gasteiger partial charge in [-0.2, -0.15) is 6.42 Å². The van der Waals surface area contributed by atoms with Gasteiger partial charge in [0.15, 0.2) is 0 Å². The molecule has 0 heterocycles. The van der Waals surface area contributed by atoms with Gasteiger partial charge in [-0.3, -0.25) is 0 Å². The van der Waals surface area contributed by atoms with Crippen LogP contribution in [0.15, 0.2) is 12.7 Å². The van der Waals surface area contributed by atoms with E-state index in [9.17, 15) is 0 Å². The molecule has 54 valence electrons. The van der Waals surface area contributed by atoms with Crippen molar-refractivity contribution in [3.63, 3.8) is 0 Å². The summed E-state index contributed by atoms with van der Waals surface area (Å²) in [6, 6.07) is 0. The third kappa shape index (κ3) is 66.9. The van der Waals surface area contributed by atoms with Crippen molar-refractivity contribution in [2.75, 3.05) is 0 Å². The summed E-state index contributed by atoms with van der Waals surface area (Å²) in [7, 11) is 0. The van der Waals surface area contributed by atoms with Crippen molar-refractivity contribution >= 4 is 0 Å². The minimum absolute atomic E-state index is 0. The molecule has 0 atom stereocenters. The molecule has 9 heavy (non-hydrogen) atoms. The second-order valence-electron chi connectivity index (χ2n) is 1.50. The zero-order valence-corrected chi connectivity index (χ0v) is 7.50. The number of rotatable bonds is 2. The fourth-order valence-corrected chi connectivity index (χ4v) is 0.250. The van der Waals surface area contributed by atoms with Gasteiger partial charge in [0.25, 0.3) is 0 Å². The second kappa shape index (κ2) is 24.2. The minimum Gasteiger partial charge on any atom is -0.343 e. The van der Waals surface area contributed by atoms with Crippen molar-refractivity contribution < 1.29 is 17.4 Å². The topological polar surface area (TPSA) is 0 Å². The fraction of sp³-hybridized carbons (Fsp3) is 0.500. The molecule has 0 fully saturated rings. The Hall–Kier alpha value is 0.142. The van der Waals surface area contributed by atoms with Crippen LogP contribution in [0.3, 0.4) is 0 Å². The largest absolute Gasteiger partial charge is 2.00 e. The molecule has 0 spiro atoms. The Kier molecular flexibility index (Phi) is 43.2. The summed E-state index contributed by atoms with van der Waals surface area (Å²) in [5.74, 6) is 0. The zero-order valence-electron chi connectivity index (χ0n) is 6.23. The Bertz CT molecular complexity index is 31.5. The van der Waals surface area contributed by atoms with Gasteiger partial charge >= 0.3 is 17.4 Å². The van der Waals surface area contributed by atoms with Gasteiger partial charge in [-0.25, -0.2) is 19.6 Å². The third-order valence-corrected chi connectivity index (χ3v) is 0.604. The molecule has 0 radical (unpaired) electrons. The van der Waals surface area contributed by atoms with Crippen molar-refractivity contribution in [1.82, 2.24) is 0 Å². The van der Waals surface area contributed by atoms with Gasteiger partial charge in [-0.15, -0.1) is 0 Å². The van der Waals surface area contributed by atoms with Crippen LogP contribution in [-0.2, 0) is 17.4 Å². The van der Waals surface area contributed by atoms with Crippen LogP contribution in [0.5, 0.6) is 0 Å². The maximum Gasteiger partial charge on any atom is 2.00 e. The molecule has 0 nitrogen and oxygen atoms in total. The molecule has 0 aromatic carbocycles. The van der Waals surface area contributed by atoms with Crippen LogP contribution in [0.1, 0.15) is 26.2 Å². The predicted molar refractivity (Wildman–Crippen MR) is 40.4 cm³/mol.